The molecule has 2 aliphatic heterocycles. The van der Waals surface area contributed by atoms with Crippen molar-refractivity contribution >= 4 is 23.5 Å². The van der Waals surface area contributed by atoms with E-state index in [0.717, 1.165) is 25.9 Å². The minimum Gasteiger partial charge on any atom is -0.542 e. The van der Waals surface area contributed by atoms with Crippen LogP contribution in [-0.2, 0) is 11.8 Å². The van der Waals surface area contributed by atoms with Gasteiger partial charge in [-0.05, 0) is 25.2 Å². The fourth-order valence-electron chi connectivity index (χ4n) is 4.28. The van der Waals surface area contributed by atoms with Crippen LogP contribution in [0.3, 0.4) is 0 Å². The lowest BCUT2D eigenvalue weighted by Crippen LogP contribution is -2.87. The third kappa shape index (κ3) is 5.67. The van der Waals surface area contributed by atoms with Crippen LogP contribution in [0.15, 0.2) is 10.6 Å². The maximum absolute atomic E-state index is 13.2. The maximum atomic E-state index is 13.2. The highest BCUT2D eigenvalue weighted by Crippen LogP contribution is 2.39. The summed E-state index contributed by atoms with van der Waals surface area (Å²) >= 11 is 6.42. The molecular formula is C20H25ClF3N5O4. The SMILES string of the molecule is Cc1cc(-c2nn(C)c(Cl)c2C(=O)N2CCC3(CC[NH2+]CC3)CC2)no1.O=C([O-])C(F)(F)F. The van der Waals surface area contributed by atoms with Gasteiger partial charge in [-0.25, -0.2) is 0 Å². The molecule has 2 N–H and O–H groups in total. The lowest BCUT2D eigenvalue weighted by Gasteiger charge is -2.43. The van der Waals surface area contributed by atoms with Gasteiger partial charge in [0.05, 0.1) is 13.1 Å². The molecule has 2 aliphatic rings. The first-order chi connectivity index (χ1) is 15.4. The lowest BCUT2D eigenvalue weighted by atomic mass is 9.71. The normalized spacial score (nSPS) is 18.1. The Balaban J connectivity index is 0.000000383. The molecule has 0 radical (unpaired) electrons. The number of carboxylic acid groups (broad SMARTS) is 1. The van der Waals surface area contributed by atoms with Crippen LogP contribution in [0.5, 0.6) is 0 Å². The van der Waals surface area contributed by atoms with Gasteiger partial charge in [-0.3, -0.25) is 9.48 Å². The molecule has 1 amide bonds. The third-order valence-electron chi connectivity index (χ3n) is 6.16. The first-order valence-electron chi connectivity index (χ1n) is 10.5. The van der Waals surface area contributed by atoms with Crippen molar-refractivity contribution in [3.05, 3.63) is 22.5 Å². The van der Waals surface area contributed by atoms with Crippen molar-refractivity contribution in [1.29, 1.82) is 0 Å². The van der Waals surface area contributed by atoms with Crippen LogP contribution in [0.4, 0.5) is 13.2 Å². The summed E-state index contributed by atoms with van der Waals surface area (Å²) in [5.41, 5.74) is 1.89. The van der Waals surface area contributed by atoms with Crippen LogP contribution in [0.1, 0.15) is 41.8 Å². The number of aliphatic carboxylic acids is 1. The highest BCUT2D eigenvalue weighted by Gasteiger charge is 2.39. The van der Waals surface area contributed by atoms with E-state index >= 15 is 0 Å². The van der Waals surface area contributed by atoms with Gasteiger partial charge >= 0.3 is 6.18 Å². The summed E-state index contributed by atoms with van der Waals surface area (Å²) < 4.78 is 38.2. The summed E-state index contributed by atoms with van der Waals surface area (Å²) in [6, 6.07) is 1.78. The molecule has 4 rings (SSSR count). The zero-order chi connectivity index (χ0) is 24.4. The number of aryl methyl sites for hydroxylation is 2. The number of carbonyl (C=O) groups is 2. The van der Waals surface area contributed by atoms with Gasteiger partial charge in [0.25, 0.3) is 5.91 Å². The Morgan fingerprint density at radius 3 is 2.27 bits per heavy atom. The highest BCUT2D eigenvalue weighted by molar-refractivity contribution is 6.33. The molecule has 2 aromatic rings. The minimum atomic E-state index is -5.19. The number of aromatic nitrogens is 3. The Bertz CT molecular complexity index is 1000. The van der Waals surface area contributed by atoms with Crippen molar-refractivity contribution < 1.29 is 37.7 Å². The number of halogens is 4. The molecule has 4 heterocycles. The number of nitrogens with two attached hydrogens (primary N) is 1. The number of hydrogen-bond donors (Lipinski definition) is 1. The van der Waals surface area contributed by atoms with Gasteiger partial charge in [0.15, 0.2) is 0 Å². The molecule has 0 bridgehead atoms. The van der Waals surface area contributed by atoms with Crippen molar-refractivity contribution in [3.63, 3.8) is 0 Å². The molecule has 0 aliphatic carbocycles. The van der Waals surface area contributed by atoms with Gasteiger partial charge in [-0.1, -0.05) is 16.8 Å². The smallest absolute Gasteiger partial charge is 0.430 e. The van der Waals surface area contributed by atoms with Crippen molar-refractivity contribution in [2.24, 2.45) is 12.5 Å². The van der Waals surface area contributed by atoms with Gasteiger partial charge in [-0.2, -0.15) is 18.3 Å². The number of likely N-dealkylation sites (tertiary alicyclic amines) is 1. The summed E-state index contributed by atoms with van der Waals surface area (Å²) in [4.78, 5) is 23.9. The summed E-state index contributed by atoms with van der Waals surface area (Å²) in [5.74, 6) is -2.39. The standard InChI is InChI=1S/C18H24ClN5O2.C2HF3O2/c1-12-11-13(22-26-12)15-14(16(19)23(2)21-15)17(25)24-9-5-18(6-10-24)3-7-20-8-4-18;3-2(4,5)1(6)7/h11,20H,3-10H2,1-2H3;(H,6,7). The Labute approximate surface area is 192 Å². The van der Waals surface area contributed by atoms with E-state index in [1.807, 2.05) is 11.8 Å². The molecule has 0 atom stereocenters. The second-order valence-electron chi connectivity index (χ2n) is 8.40. The topological polar surface area (TPSA) is 121 Å². The molecule has 0 unspecified atom stereocenters. The van der Waals surface area contributed by atoms with Crippen LogP contribution in [-0.4, -0.2) is 64.1 Å². The predicted octanol–water partition coefficient (Wildman–Crippen LogP) is 0.915. The van der Waals surface area contributed by atoms with Crippen molar-refractivity contribution in [2.45, 2.75) is 38.8 Å². The number of piperidine rings is 2. The Morgan fingerprint density at radius 1 is 1.21 bits per heavy atom. The van der Waals surface area contributed by atoms with Crippen LogP contribution < -0.4 is 10.4 Å². The molecule has 2 fully saturated rings. The van der Waals surface area contributed by atoms with Gasteiger partial charge in [-0.15, -0.1) is 0 Å². The van der Waals surface area contributed by atoms with Gasteiger partial charge in [0, 0.05) is 39.0 Å². The number of amides is 1. The average molecular weight is 492 g/mol. The number of hydrogen-bond acceptors (Lipinski definition) is 6. The maximum Gasteiger partial charge on any atom is 0.430 e. The Kier molecular flexibility index (Phi) is 7.37. The number of carboxylic acids is 1. The van der Waals surface area contributed by atoms with E-state index in [9.17, 15) is 18.0 Å². The van der Waals surface area contributed by atoms with Crippen LogP contribution >= 0.6 is 11.6 Å². The average Bonchev–Trinajstić information content (AvgIpc) is 3.31. The summed E-state index contributed by atoms with van der Waals surface area (Å²) in [7, 11) is 1.74. The molecule has 0 aromatic carbocycles. The number of alkyl halides is 3. The lowest BCUT2D eigenvalue weighted by molar-refractivity contribution is -0.668. The van der Waals surface area contributed by atoms with E-state index in [0.29, 0.717) is 33.3 Å². The first kappa shape index (κ1) is 25.0. The molecule has 2 aromatic heterocycles. The molecule has 9 nitrogen and oxygen atoms in total. The van der Waals surface area contributed by atoms with Crippen molar-refractivity contribution in [3.8, 4) is 11.4 Å². The zero-order valence-corrected chi connectivity index (χ0v) is 19.0. The van der Waals surface area contributed by atoms with Gasteiger partial charge < -0.3 is 24.6 Å². The van der Waals surface area contributed by atoms with E-state index in [4.69, 9.17) is 26.0 Å². The monoisotopic (exact) mass is 491 g/mol. The largest absolute Gasteiger partial charge is 0.542 e. The second-order valence-corrected chi connectivity index (χ2v) is 8.76. The van der Waals surface area contributed by atoms with E-state index in [1.165, 1.54) is 30.6 Å². The first-order valence-corrected chi connectivity index (χ1v) is 10.9. The summed E-state index contributed by atoms with van der Waals surface area (Å²) in [5, 5.41) is 19.9. The van der Waals surface area contributed by atoms with Crippen LogP contribution in [0.25, 0.3) is 11.4 Å². The van der Waals surface area contributed by atoms with E-state index in [-0.39, 0.29) is 5.91 Å². The fourth-order valence-corrected chi connectivity index (χ4v) is 4.49. The molecule has 0 saturated carbocycles. The highest BCUT2D eigenvalue weighted by atomic mass is 35.5. The third-order valence-corrected chi connectivity index (χ3v) is 6.60. The zero-order valence-electron chi connectivity index (χ0n) is 18.2. The number of rotatable bonds is 2. The van der Waals surface area contributed by atoms with Gasteiger partial charge in [0.1, 0.15) is 33.8 Å². The van der Waals surface area contributed by atoms with Crippen molar-refractivity contribution in [2.75, 3.05) is 26.2 Å². The minimum absolute atomic E-state index is 0.0593. The predicted molar refractivity (Wildman–Crippen MR) is 108 cm³/mol. The molecule has 33 heavy (non-hydrogen) atoms. The number of nitrogens with zero attached hydrogens (tertiary/aromatic N) is 4. The Hall–Kier alpha value is -2.60. The number of quaternary nitrogens is 1. The molecule has 13 heteroatoms. The summed E-state index contributed by atoms with van der Waals surface area (Å²) in [6.07, 6.45) is -0.538. The second kappa shape index (κ2) is 9.72. The van der Waals surface area contributed by atoms with E-state index in [2.05, 4.69) is 15.6 Å². The fraction of sp³-hybridized carbons (Fsp3) is 0.600. The van der Waals surface area contributed by atoms with Crippen LogP contribution in [0.2, 0.25) is 5.15 Å². The Morgan fingerprint density at radius 2 is 1.79 bits per heavy atom. The molecule has 1 spiro atoms. The number of carbonyl (C=O) groups excluding carboxylic acids is 2. The van der Waals surface area contributed by atoms with E-state index in [1.54, 1.807) is 13.1 Å². The molecule has 182 valence electrons. The van der Waals surface area contributed by atoms with Crippen LogP contribution in [0, 0.1) is 12.3 Å². The molecule has 2 saturated heterocycles. The van der Waals surface area contributed by atoms with Crippen molar-refractivity contribution in [1.82, 2.24) is 19.8 Å². The van der Waals surface area contributed by atoms with Gasteiger partial charge in [0.2, 0.25) is 0 Å². The molecular weight excluding hydrogens is 467 g/mol. The summed E-state index contributed by atoms with van der Waals surface area (Å²) in [6.45, 7) is 5.78. The van der Waals surface area contributed by atoms with E-state index < -0.39 is 12.1 Å². The quantitative estimate of drug-likeness (QED) is 0.666.